The number of para-hydroxylation sites is 1. The molecule has 4 atom stereocenters. The summed E-state index contributed by atoms with van der Waals surface area (Å²) in [5, 5.41) is 18.7. The zero-order chi connectivity index (χ0) is 34.3. The third-order valence-electron chi connectivity index (χ3n) is 8.14. The number of nitrogens with one attached hydrogen (secondary N) is 4. The summed E-state index contributed by atoms with van der Waals surface area (Å²) in [7, 11) is 0. The number of aliphatic carboxylic acids is 1. The van der Waals surface area contributed by atoms with Crippen molar-refractivity contribution in [3.63, 3.8) is 0 Å². The average Bonchev–Trinajstić information content (AvgIpc) is 3.46. The third kappa shape index (κ3) is 11.2. The fourth-order valence-electron chi connectivity index (χ4n) is 5.57. The fraction of sp³-hybridized carbons (Fsp3) is 0.548. The zero-order valence-corrected chi connectivity index (χ0v) is 26.6. The second-order valence-corrected chi connectivity index (χ2v) is 11.7. The molecule has 0 bridgehead atoms. The van der Waals surface area contributed by atoms with Gasteiger partial charge in [0.25, 0.3) is 0 Å². The van der Waals surface area contributed by atoms with Crippen LogP contribution in [0.4, 0.5) is 0 Å². The van der Waals surface area contributed by atoms with Crippen molar-refractivity contribution in [2.24, 2.45) is 27.9 Å². The molecule has 0 saturated carbocycles. The van der Waals surface area contributed by atoms with Crippen molar-refractivity contribution in [2.75, 3.05) is 26.2 Å². The number of hydrogen-bond acceptors (Lipinski definition) is 8. The topological polar surface area (TPSA) is 277 Å². The first-order chi connectivity index (χ1) is 22.5. The molecule has 0 spiro atoms. The van der Waals surface area contributed by atoms with E-state index in [1.54, 1.807) is 6.20 Å². The van der Waals surface area contributed by atoms with Gasteiger partial charge in [-0.05, 0) is 69.5 Å². The average molecular weight is 657 g/mol. The van der Waals surface area contributed by atoms with Crippen molar-refractivity contribution in [3.05, 3.63) is 36.0 Å². The van der Waals surface area contributed by atoms with E-state index in [0.717, 1.165) is 16.5 Å². The molecule has 0 aliphatic carbocycles. The molecule has 258 valence electrons. The van der Waals surface area contributed by atoms with Crippen LogP contribution >= 0.6 is 0 Å². The minimum absolute atomic E-state index is 0.0328. The summed E-state index contributed by atoms with van der Waals surface area (Å²) >= 11 is 0. The molecule has 1 fully saturated rings. The monoisotopic (exact) mass is 656 g/mol. The highest BCUT2D eigenvalue weighted by Crippen LogP contribution is 2.20. The lowest BCUT2D eigenvalue weighted by Gasteiger charge is -2.35. The number of piperidine rings is 1. The number of carboxylic acid groups (broad SMARTS) is 1. The largest absolute Gasteiger partial charge is 0.480 e. The molecule has 1 aromatic carbocycles. The second kappa shape index (κ2) is 18.4. The lowest BCUT2D eigenvalue weighted by atomic mass is 9.99. The van der Waals surface area contributed by atoms with Crippen molar-refractivity contribution in [3.8, 4) is 0 Å². The Hall–Kier alpha value is -4.70. The number of amides is 4. The van der Waals surface area contributed by atoms with Crippen LogP contribution in [0.1, 0.15) is 56.9 Å². The summed E-state index contributed by atoms with van der Waals surface area (Å²) in [6.07, 6.45) is 5.60. The van der Waals surface area contributed by atoms with Crippen LogP contribution < -0.4 is 38.9 Å². The molecule has 1 aromatic heterocycles. The lowest BCUT2D eigenvalue weighted by molar-refractivity contribution is -0.144. The van der Waals surface area contributed by atoms with E-state index < -0.39 is 53.8 Å². The van der Waals surface area contributed by atoms with Gasteiger partial charge in [-0.3, -0.25) is 24.2 Å². The molecule has 47 heavy (non-hydrogen) atoms. The number of carboxylic acids is 1. The van der Waals surface area contributed by atoms with Gasteiger partial charge in [0.2, 0.25) is 23.6 Å². The first-order valence-corrected chi connectivity index (χ1v) is 16.0. The third-order valence-corrected chi connectivity index (χ3v) is 8.14. The predicted octanol–water partition coefficient (Wildman–Crippen LogP) is -1.23. The number of unbranched alkanes of at least 4 members (excludes halogenated alkanes) is 1. The molecule has 13 N–H and O–H groups in total. The first-order valence-electron chi connectivity index (χ1n) is 16.0. The quantitative estimate of drug-likeness (QED) is 0.0523. The van der Waals surface area contributed by atoms with E-state index in [-0.39, 0.29) is 25.3 Å². The molecule has 1 aliphatic heterocycles. The second-order valence-electron chi connectivity index (χ2n) is 11.7. The molecule has 1 aliphatic rings. The van der Waals surface area contributed by atoms with Gasteiger partial charge in [0, 0.05) is 36.6 Å². The smallest absolute Gasteiger partial charge is 0.326 e. The van der Waals surface area contributed by atoms with Gasteiger partial charge in [0.15, 0.2) is 5.96 Å². The van der Waals surface area contributed by atoms with Gasteiger partial charge in [-0.25, -0.2) is 4.79 Å². The molecule has 16 heteroatoms. The van der Waals surface area contributed by atoms with Crippen LogP contribution in [0.3, 0.4) is 0 Å². The molecular weight excluding hydrogens is 608 g/mol. The minimum Gasteiger partial charge on any atom is -0.480 e. The van der Waals surface area contributed by atoms with Crippen molar-refractivity contribution < 1.29 is 29.1 Å². The summed E-state index contributed by atoms with van der Waals surface area (Å²) in [6, 6.07) is 3.42. The van der Waals surface area contributed by atoms with Crippen molar-refractivity contribution >= 4 is 46.5 Å². The van der Waals surface area contributed by atoms with Gasteiger partial charge in [-0.2, -0.15) is 0 Å². The normalized spacial score (nSPS) is 16.5. The molecule has 2 heterocycles. The number of benzene rings is 1. The van der Waals surface area contributed by atoms with E-state index in [1.165, 1.54) is 4.90 Å². The molecular formula is C31H48N10O6. The van der Waals surface area contributed by atoms with Crippen LogP contribution in [0.2, 0.25) is 0 Å². The van der Waals surface area contributed by atoms with Gasteiger partial charge in [-0.15, -0.1) is 0 Å². The Morgan fingerprint density at radius 1 is 1.00 bits per heavy atom. The van der Waals surface area contributed by atoms with Crippen LogP contribution in [0.15, 0.2) is 35.5 Å². The number of aromatic nitrogens is 1. The number of aromatic amines is 1. The highest BCUT2D eigenvalue weighted by atomic mass is 16.4. The summed E-state index contributed by atoms with van der Waals surface area (Å²) in [4.78, 5) is 73.2. The number of rotatable bonds is 18. The lowest BCUT2D eigenvalue weighted by Crippen LogP contribution is -2.58. The van der Waals surface area contributed by atoms with E-state index in [4.69, 9.17) is 22.9 Å². The van der Waals surface area contributed by atoms with Gasteiger partial charge < -0.3 is 53.9 Å². The Kier molecular flexibility index (Phi) is 14.4. The maximum atomic E-state index is 13.6. The highest BCUT2D eigenvalue weighted by molar-refractivity contribution is 5.95. The predicted molar refractivity (Wildman–Crippen MR) is 177 cm³/mol. The maximum Gasteiger partial charge on any atom is 0.326 e. The first kappa shape index (κ1) is 36.8. The molecule has 3 rings (SSSR count). The van der Waals surface area contributed by atoms with Gasteiger partial charge in [0.1, 0.15) is 18.1 Å². The number of nitrogens with zero attached hydrogens (tertiary/aromatic N) is 2. The number of likely N-dealkylation sites (tertiary alicyclic amines) is 1. The summed E-state index contributed by atoms with van der Waals surface area (Å²) in [5.41, 5.74) is 23.7. The van der Waals surface area contributed by atoms with Crippen LogP contribution in [0, 0.1) is 0 Å². The van der Waals surface area contributed by atoms with Gasteiger partial charge in [-0.1, -0.05) is 18.2 Å². The van der Waals surface area contributed by atoms with Gasteiger partial charge >= 0.3 is 5.97 Å². The Labute approximate surface area is 273 Å². The fourth-order valence-corrected chi connectivity index (χ4v) is 5.57. The van der Waals surface area contributed by atoms with Gasteiger partial charge in [0.05, 0.1) is 12.6 Å². The van der Waals surface area contributed by atoms with E-state index >= 15 is 0 Å². The number of carbonyl (C=O) groups is 5. The van der Waals surface area contributed by atoms with Crippen molar-refractivity contribution in [2.45, 2.75) is 82.0 Å². The SMILES string of the molecule is NCCCC[C@H](NC(=O)[C@@H]1CCCCN1C(=O)CNC(=O)[C@@H](N)CCCN=C(N)N)C(=O)N[C@@H](Cc1c[nH]c2ccccc12)C(=O)O. The highest BCUT2D eigenvalue weighted by Gasteiger charge is 2.35. The van der Waals surface area contributed by atoms with Crippen molar-refractivity contribution in [1.29, 1.82) is 0 Å². The number of nitrogens with two attached hydrogens (primary N) is 4. The molecule has 2 aromatic rings. The molecule has 1 saturated heterocycles. The molecule has 0 radical (unpaired) electrons. The Morgan fingerprint density at radius 3 is 2.49 bits per heavy atom. The number of fused-ring (bicyclic) bond motifs is 1. The molecule has 16 nitrogen and oxygen atoms in total. The Balaban J connectivity index is 1.63. The van der Waals surface area contributed by atoms with E-state index in [0.29, 0.717) is 64.6 Å². The molecule has 0 unspecified atom stereocenters. The number of guanidine groups is 1. The number of carbonyl (C=O) groups excluding carboxylic acids is 4. The summed E-state index contributed by atoms with van der Waals surface area (Å²) in [6.45, 7) is 0.655. The van der Waals surface area contributed by atoms with Crippen LogP contribution in [-0.2, 0) is 30.4 Å². The minimum atomic E-state index is -1.25. The van der Waals surface area contributed by atoms with Crippen LogP contribution in [-0.4, -0.2) is 101 Å². The number of H-pyrrole nitrogens is 1. The summed E-state index contributed by atoms with van der Waals surface area (Å²) < 4.78 is 0. The number of aliphatic imine (C=N–C) groups is 1. The number of hydrogen-bond donors (Lipinski definition) is 9. The molecule has 4 amide bonds. The Bertz CT molecular complexity index is 1410. The maximum absolute atomic E-state index is 13.6. The van der Waals surface area contributed by atoms with Crippen LogP contribution in [0.5, 0.6) is 0 Å². The van der Waals surface area contributed by atoms with E-state index in [9.17, 15) is 29.1 Å². The van der Waals surface area contributed by atoms with E-state index in [2.05, 4.69) is 25.9 Å². The Morgan fingerprint density at radius 2 is 1.77 bits per heavy atom. The van der Waals surface area contributed by atoms with E-state index in [1.807, 2.05) is 24.3 Å². The van der Waals surface area contributed by atoms with Crippen LogP contribution in [0.25, 0.3) is 10.9 Å². The summed E-state index contributed by atoms with van der Waals surface area (Å²) in [5.74, 6) is -3.41. The van der Waals surface area contributed by atoms with Crippen molar-refractivity contribution in [1.82, 2.24) is 25.8 Å². The standard InChI is InChI=1S/C31H48N10O6/c32-13-5-3-11-23(28(44)40-24(30(46)47)16-19-17-37-22-10-2-1-8-20(19)22)39-29(45)25-12-4-6-15-41(25)26(42)18-38-27(43)21(33)9-7-14-36-31(34)35/h1-2,8,10,17,21,23-25,37H,3-7,9,11-16,18,32-33H2,(H,38,43)(H,39,45)(H,40,44)(H,46,47)(H4,34,35,36)/t21-,23-,24-,25-/m0/s1. The zero-order valence-electron chi connectivity index (χ0n) is 26.6.